The van der Waals surface area contributed by atoms with E-state index in [4.69, 9.17) is 10.5 Å². The first-order valence-electron chi connectivity index (χ1n) is 4.84. The van der Waals surface area contributed by atoms with Gasteiger partial charge in [-0.1, -0.05) is 6.07 Å². The van der Waals surface area contributed by atoms with Gasteiger partial charge in [0, 0.05) is 6.54 Å². The topological polar surface area (TPSA) is 35.2 Å². The van der Waals surface area contributed by atoms with E-state index in [1.807, 2.05) is 6.07 Å². The van der Waals surface area contributed by atoms with Crippen LogP contribution in [0, 0.1) is 13.8 Å². The maximum Gasteiger partial charge on any atom is 0.426 e. The highest BCUT2D eigenvalue weighted by atomic mass is 19.4. The summed E-state index contributed by atoms with van der Waals surface area (Å²) < 4.78 is 42.0. The van der Waals surface area contributed by atoms with Crippen molar-refractivity contribution >= 4 is 0 Å². The van der Waals surface area contributed by atoms with Gasteiger partial charge in [-0.2, -0.15) is 13.2 Å². The lowest BCUT2D eigenvalue weighted by Gasteiger charge is -2.20. The van der Waals surface area contributed by atoms with Crippen LogP contribution in [-0.4, -0.2) is 18.8 Å². The molecule has 2 nitrogen and oxygen atoms in total. The molecule has 0 saturated heterocycles. The molecular formula is C11H14F3NO. The Hall–Kier alpha value is -1.23. The van der Waals surface area contributed by atoms with E-state index in [-0.39, 0.29) is 5.75 Å². The molecule has 0 aliphatic heterocycles. The number of alkyl halides is 3. The molecule has 0 amide bonds. The van der Waals surface area contributed by atoms with Gasteiger partial charge in [-0.3, -0.25) is 0 Å². The predicted molar refractivity (Wildman–Crippen MR) is 55.4 cm³/mol. The minimum Gasteiger partial charge on any atom is -0.480 e. The van der Waals surface area contributed by atoms with E-state index in [0.717, 1.165) is 11.1 Å². The molecule has 0 aliphatic carbocycles. The lowest BCUT2D eigenvalue weighted by molar-refractivity contribution is -0.191. The van der Waals surface area contributed by atoms with Gasteiger partial charge >= 0.3 is 6.18 Å². The fourth-order valence-electron chi connectivity index (χ4n) is 1.41. The SMILES string of the molecule is Cc1cc(C)cc(OC(CN)C(F)(F)F)c1. The normalized spacial score (nSPS) is 13.6. The van der Waals surface area contributed by atoms with Crippen LogP contribution in [0.3, 0.4) is 0 Å². The van der Waals surface area contributed by atoms with Gasteiger partial charge in [-0.15, -0.1) is 0 Å². The van der Waals surface area contributed by atoms with Gasteiger partial charge in [0.1, 0.15) is 5.75 Å². The minimum atomic E-state index is -4.44. The van der Waals surface area contributed by atoms with Crippen LogP contribution in [0.15, 0.2) is 18.2 Å². The summed E-state index contributed by atoms with van der Waals surface area (Å²) in [5.41, 5.74) is 6.75. The van der Waals surface area contributed by atoms with Crippen LogP contribution in [0.2, 0.25) is 0 Å². The van der Waals surface area contributed by atoms with E-state index >= 15 is 0 Å². The average molecular weight is 233 g/mol. The van der Waals surface area contributed by atoms with Crippen molar-refractivity contribution in [2.24, 2.45) is 5.73 Å². The Morgan fingerprint density at radius 2 is 1.69 bits per heavy atom. The number of benzene rings is 1. The van der Waals surface area contributed by atoms with Crippen LogP contribution >= 0.6 is 0 Å². The Balaban J connectivity index is 2.86. The van der Waals surface area contributed by atoms with E-state index in [9.17, 15) is 13.2 Å². The van der Waals surface area contributed by atoms with Gasteiger partial charge in [-0.25, -0.2) is 0 Å². The second kappa shape index (κ2) is 4.74. The predicted octanol–water partition coefficient (Wildman–Crippen LogP) is 2.57. The molecule has 1 aromatic carbocycles. The lowest BCUT2D eigenvalue weighted by Crippen LogP contribution is -2.40. The van der Waals surface area contributed by atoms with Crippen LogP contribution in [-0.2, 0) is 0 Å². The van der Waals surface area contributed by atoms with Crippen molar-refractivity contribution in [1.82, 2.24) is 0 Å². The molecule has 2 N–H and O–H groups in total. The maximum absolute atomic E-state index is 12.4. The zero-order valence-corrected chi connectivity index (χ0v) is 9.14. The molecular weight excluding hydrogens is 219 g/mol. The number of hydrogen-bond acceptors (Lipinski definition) is 2. The van der Waals surface area contributed by atoms with Crippen molar-refractivity contribution in [2.75, 3.05) is 6.54 Å². The highest BCUT2D eigenvalue weighted by Gasteiger charge is 2.40. The van der Waals surface area contributed by atoms with Crippen LogP contribution < -0.4 is 10.5 Å². The van der Waals surface area contributed by atoms with Gasteiger partial charge < -0.3 is 10.5 Å². The standard InChI is InChI=1S/C11H14F3NO/c1-7-3-8(2)5-9(4-7)16-10(6-15)11(12,13)14/h3-5,10H,6,15H2,1-2H3. The van der Waals surface area contributed by atoms with Crippen LogP contribution in [0.5, 0.6) is 5.75 Å². The van der Waals surface area contributed by atoms with Crippen molar-refractivity contribution in [2.45, 2.75) is 26.1 Å². The molecule has 1 aromatic rings. The number of halogens is 3. The van der Waals surface area contributed by atoms with E-state index in [0.29, 0.717) is 0 Å². The number of rotatable bonds is 3. The highest BCUT2D eigenvalue weighted by Crippen LogP contribution is 2.25. The molecule has 1 atom stereocenters. The lowest BCUT2D eigenvalue weighted by atomic mass is 10.1. The van der Waals surface area contributed by atoms with Gasteiger partial charge in [0.2, 0.25) is 6.10 Å². The summed E-state index contributed by atoms with van der Waals surface area (Å²) in [7, 11) is 0. The second-order valence-electron chi connectivity index (χ2n) is 3.71. The van der Waals surface area contributed by atoms with E-state index < -0.39 is 18.8 Å². The van der Waals surface area contributed by atoms with Gasteiger partial charge in [-0.05, 0) is 37.1 Å². The fourth-order valence-corrected chi connectivity index (χ4v) is 1.41. The Bertz CT molecular complexity index is 342. The Labute approximate surface area is 92.2 Å². The molecule has 0 fully saturated rings. The molecule has 0 spiro atoms. The zero-order valence-electron chi connectivity index (χ0n) is 9.14. The minimum absolute atomic E-state index is 0.199. The van der Waals surface area contributed by atoms with Crippen molar-refractivity contribution in [1.29, 1.82) is 0 Å². The van der Waals surface area contributed by atoms with E-state index in [2.05, 4.69) is 0 Å². The van der Waals surface area contributed by atoms with Crippen LogP contribution in [0.1, 0.15) is 11.1 Å². The Morgan fingerprint density at radius 3 is 2.06 bits per heavy atom. The summed E-state index contributed by atoms with van der Waals surface area (Å²) in [6, 6.07) is 4.97. The summed E-state index contributed by atoms with van der Waals surface area (Å²) in [5, 5.41) is 0. The zero-order chi connectivity index (χ0) is 12.3. The molecule has 0 heterocycles. The number of hydrogen-bond donors (Lipinski definition) is 1. The average Bonchev–Trinajstić information content (AvgIpc) is 2.10. The molecule has 16 heavy (non-hydrogen) atoms. The third-order valence-electron chi connectivity index (χ3n) is 2.05. The molecule has 0 radical (unpaired) electrons. The first-order chi connectivity index (χ1) is 7.32. The van der Waals surface area contributed by atoms with Crippen molar-refractivity contribution < 1.29 is 17.9 Å². The Kier molecular flexibility index (Phi) is 3.80. The molecule has 0 aromatic heterocycles. The first kappa shape index (κ1) is 12.8. The monoisotopic (exact) mass is 233 g/mol. The quantitative estimate of drug-likeness (QED) is 0.870. The molecule has 90 valence electrons. The second-order valence-corrected chi connectivity index (χ2v) is 3.71. The fraction of sp³-hybridized carbons (Fsp3) is 0.455. The van der Waals surface area contributed by atoms with Crippen molar-refractivity contribution in [3.63, 3.8) is 0 Å². The molecule has 1 rings (SSSR count). The first-order valence-corrected chi connectivity index (χ1v) is 4.84. The van der Waals surface area contributed by atoms with Gasteiger partial charge in [0.05, 0.1) is 0 Å². The van der Waals surface area contributed by atoms with Crippen LogP contribution in [0.4, 0.5) is 13.2 Å². The summed E-state index contributed by atoms with van der Waals surface area (Å²) in [4.78, 5) is 0. The number of aryl methyl sites for hydroxylation is 2. The molecule has 0 aliphatic rings. The summed E-state index contributed by atoms with van der Waals surface area (Å²) in [6.45, 7) is 3.01. The van der Waals surface area contributed by atoms with Gasteiger partial charge in [0.25, 0.3) is 0 Å². The molecule has 1 unspecified atom stereocenters. The smallest absolute Gasteiger partial charge is 0.426 e. The highest BCUT2D eigenvalue weighted by molar-refractivity contribution is 5.33. The van der Waals surface area contributed by atoms with E-state index in [1.165, 1.54) is 0 Å². The summed E-state index contributed by atoms with van der Waals surface area (Å²) in [6.07, 6.45) is -6.39. The largest absolute Gasteiger partial charge is 0.480 e. The third kappa shape index (κ3) is 3.41. The van der Waals surface area contributed by atoms with Crippen molar-refractivity contribution in [3.05, 3.63) is 29.3 Å². The molecule has 0 saturated carbocycles. The molecule has 0 bridgehead atoms. The third-order valence-corrected chi connectivity index (χ3v) is 2.05. The van der Waals surface area contributed by atoms with E-state index in [1.54, 1.807) is 26.0 Å². The van der Waals surface area contributed by atoms with Crippen LogP contribution in [0.25, 0.3) is 0 Å². The summed E-state index contributed by atoms with van der Waals surface area (Å²) in [5.74, 6) is 0.199. The molecule has 5 heteroatoms. The number of ether oxygens (including phenoxy) is 1. The van der Waals surface area contributed by atoms with Crippen molar-refractivity contribution in [3.8, 4) is 5.75 Å². The van der Waals surface area contributed by atoms with Gasteiger partial charge in [0.15, 0.2) is 0 Å². The Morgan fingerprint density at radius 1 is 1.19 bits per heavy atom. The summed E-state index contributed by atoms with van der Waals surface area (Å²) >= 11 is 0. The number of nitrogens with two attached hydrogens (primary N) is 1. The maximum atomic E-state index is 12.4.